The van der Waals surface area contributed by atoms with Gasteiger partial charge in [0.15, 0.2) is 11.5 Å². The van der Waals surface area contributed by atoms with E-state index in [1.807, 2.05) is 54.6 Å². The van der Waals surface area contributed by atoms with Crippen molar-refractivity contribution in [3.8, 4) is 10.9 Å². The van der Waals surface area contributed by atoms with Crippen LogP contribution in [0.15, 0.2) is 95.5 Å². The van der Waals surface area contributed by atoms with Crippen LogP contribution in [0.1, 0.15) is 63.4 Å². The maximum absolute atomic E-state index is 14.6. The molecule has 0 unspecified atom stereocenters. The number of para-hydroxylation sites is 1. The number of amides is 2. The van der Waals surface area contributed by atoms with Crippen LogP contribution < -0.4 is 15.1 Å². The average Bonchev–Trinajstić information content (AvgIpc) is 3.43. The molecule has 2 aliphatic heterocycles. The fraction of sp³-hybridized carbons (Fsp3) is 0.400. The minimum atomic E-state index is -0.927. The van der Waals surface area contributed by atoms with Crippen LogP contribution in [0.25, 0.3) is 10.2 Å². The van der Waals surface area contributed by atoms with E-state index in [2.05, 4.69) is 50.7 Å². The molecule has 3 heterocycles. The highest BCUT2D eigenvalue weighted by atomic mass is 79.9. The van der Waals surface area contributed by atoms with Crippen molar-refractivity contribution < 1.29 is 24.0 Å². The molecule has 3 aromatic carbocycles. The number of rotatable bonds is 8. The lowest BCUT2D eigenvalue weighted by Gasteiger charge is -2.29. The van der Waals surface area contributed by atoms with E-state index in [4.69, 9.17) is 9.57 Å². The number of ether oxygens (including phenoxy) is 1. The number of ketones is 1. The third kappa shape index (κ3) is 7.97. The molecule has 5 atom stereocenters. The van der Waals surface area contributed by atoms with Gasteiger partial charge < -0.3 is 14.5 Å². The number of Topliss-reactive ketones (excluding diaryl/α,β-unsaturated/α-hetero) is 1. The quantitative estimate of drug-likeness (QED) is 0.144. The Morgan fingerprint density at radius 2 is 1.82 bits per heavy atom. The van der Waals surface area contributed by atoms with Gasteiger partial charge in [-0.2, -0.15) is 5.48 Å². The normalized spacial score (nSPS) is 26.3. The smallest absolute Gasteiger partial charge is 0.274 e. The summed E-state index contributed by atoms with van der Waals surface area (Å²) in [6, 6.07) is 24.6. The summed E-state index contributed by atoms with van der Waals surface area (Å²) in [7, 11) is 0. The molecule has 0 bridgehead atoms. The first-order valence-electron chi connectivity index (χ1n) is 17.7. The van der Waals surface area contributed by atoms with Crippen LogP contribution >= 0.6 is 27.3 Å². The standard InChI is InChI=1S/C40H42BrN3O5S/c41-30-20-21-33-36(22-30)50-39(42-33)48-32-23-34-35(45)25-40(38(47)43-49-31-16-10-5-11-17-31)24-29(40)15-9-3-1-2-8-14-28(37(46)44(34)26-32)19-18-27-12-6-4-7-13-27/h4-7,9-13,15-17,20-22,28-29,32,34H,1-3,8,14,18-19,23-26H2,(H,43,47)/b15-9-/t28-,29+,32-,34+,40-/m1/s1. The lowest BCUT2D eigenvalue weighted by atomic mass is 9.90. The van der Waals surface area contributed by atoms with Gasteiger partial charge in [0.05, 0.1) is 28.2 Å². The van der Waals surface area contributed by atoms with E-state index in [9.17, 15) is 14.4 Å². The first-order chi connectivity index (χ1) is 24.4. The van der Waals surface area contributed by atoms with Gasteiger partial charge in [0.25, 0.3) is 11.1 Å². The van der Waals surface area contributed by atoms with E-state index in [1.165, 1.54) is 16.9 Å². The zero-order valence-electron chi connectivity index (χ0n) is 28.0. The Bertz CT molecular complexity index is 1850. The van der Waals surface area contributed by atoms with Crippen LogP contribution in [-0.2, 0) is 20.8 Å². The fourth-order valence-corrected chi connectivity index (χ4v) is 8.89. The van der Waals surface area contributed by atoms with E-state index < -0.39 is 17.6 Å². The molecule has 2 amide bonds. The Morgan fingerprint density at radius 3 is 2.64 bits per heavy atom. The predicted molar refractivity (Wildman–Crippen MR) is 198 cm³/mol. The van der Waals surface area contributed by atoms with Gasteiger partial charge in [-0.3, -0.25) is 14.4 Å². The zero-order valence-corrected chi connectivity index (χ0v) is 30.4. The second-order valence-corrected chi connectivity index (χ2v) is 15.7. The number of hydroxylamine groups is 1. The summed E-state index contributed by atoms with van der Waals surface area (Å²) in [5.41, 5.74) is 3.75. The van der Waals surface area contributed by atoms with Gasteiger partial charge in [-0.05, 0) is 80.3 Å². The van der Waals surface area contributed by atoms with Crippen molar-refractivity contribution in [3.63, 3.8) is 0 Å². The maximum atomic E-state index is 14.6. The van der Waals surface area contributed by atoms with Crippen molar-refractivity contribution in [2.45, 2.75) is 76.4 Å². The van der Waals surface area contributed by atoms with Gasteiger partial charge in [0, 0.05) is 23.2 Å². The molecular weight excluding hydrogens is 714 g/mol. The number of carbonyl (C=O) groups is 3. The Hall–Kier alpha value is -4.02. The highest BCUT2D eigenvalue weighted by Gasteiger charge is 2.61. The molecule has 1 saturated heterocycles. The summed E-state index contributed by atoms with van der Waals surface area (Å²) in [5.74, 6) is -0.183. The molecule has 8 nitrogen and oxygen atoms in total. The molecule has 260 valence electrons. The SMILES string of the molecule is O=C1C[C@]2(C(=O)NOc3ccccc3)C[C@@H]2/C=C\CCCCC[C@H](CCc2ccccc2)C(=O)N2C[C@H](Oc3nc4ccc(Br)cc4s3)C[C@@H]12. The van der Waals surface area contributed by atoms with Gasteiger partial charge in [0.2, 0.25) is 5.91 Å². The van der Waals surface area contributed by atoms with Crippen LogP contribution in [-0.4, -0.2) is 46.2 Å². The van der Waals surface area contributed by atoms with E-state index >= 15 is 0 Å². The lowest BCUT2D eigenvalue weighted by Crippen LogP contribution is -2.46. The van der Waals surface area contributed by atoms with Crippen molar-refractivity contribution in [2.24, 2.45) is 17.3 Å². The summed E-state index contributed by atoms with van der Waals surface area (Å²) in [6.07, 6.45) is 11.0. The van der Waals surface area contributed by atoms with Gasteiger partial charge in [-0.1, -0.05) is 101 Å². The topological polar surface area (TPSA) is 97.8 Å². The summed E-state index contributed by atoms with van der Waals surface area (Å²) in [6.45, 7) is 0.302. The zero-order chi connectivity index (χ0) is 34.5. The van der Waals surface area contributed by atoms with Crippen LogP contribution in [0.2, 0.25) is 0 Å². The Kier molecular flexibility index (Phi) is 10.7. The Morgan fingerprint density at radius 1 is 1.02 bits per heavy atom. The molecule has 10 heteroatoms. The number of benzene rings is 3. The van der Waals surface area contributed by atoms with Crippen LogP contribution in [0.5, 0.6) is 10.9 Å². The number of halogens is 1. The molecule has 1 aromatic heterocycles. The highest BCUT2D eigenvalue weighted by Crippen LogP contribution is 2.57. The molecule has 2 fully saturated rings. The molecule has 0 radical (unpaired) electrons. The van der Waals surface area contributed by atoms with Crippen LogP contribution in [0, 0.1) is 17.3 Å². The van der Waals surface area contributed by atoms with Crippen molar-refractivity contribution in [1.29, 1.82) is 0 Å². The van der Waals surface area contributed by atoms with Gasteiger partial charge in [-0.25, -0.2) is 4.98 Å². The molecule has 1 N–H and O–H groups in total. The molecule has 50 heavy (non-hydrogen) atoms. The number of aryl methyl sites for hydroxylation is 1. The van der Waals surface area contributed by atoms with Crippen molar-refractivity contribution in [3.05, 3.63) is 101 Å². The van der Waals surface area contributed by atoms with E-state index in [0.717, 1.165) is 53.2 Å². The van der Waals surface area contributed by atoms with Gasteiger partial charge in [-0.15, -0.1) is 0 Å². The lowest BCUT2D eigenvalue weighted by molar-refractivity contribution is -0.143. The average molecular weight is 757 g/mol. The van der Waals surface area contributed by atoms with E-state index in [0.29, 0.717) is 36.8 Å². The number of allylic oxidation sites excluding steroid dienone is 2. The van der Waals surface area contributed by atoms with Crippen LogP contribution in [0.3, 0.4) is 0 Å². The number of thiazole rings is 1. The van der Waals surface area contributed by atoms with Gasteiger partial charge in [0.1, 0.15) is 6.10 Å². The number of nitrogens with zero attached hydrogens (tertiary/aromatic N) is 2. The number of hydrogen-bond donors (Lipinski definition) is 1. The largest absolute Gasteiger partial charge is 0.465 e. The number of nitrogens with one attached hydrogen (secondary N) is 1. The minimum Gasteiger partial charge on any atom is -0.465 e. The maximum Gasteiger partial charge on any atom is 0.274 e. The minimum absolute atomic E-state index is 0.00451. The molecule has 0 spiro atoms. The Labute approximate surface area is 305 Å². The van der Waals surface area contributed by atoms with Crippen molar-refractivity contribution >= 4 is 55.1 Å². The monoisotopic (exact) mass is 755 g/mol. The second-order valence-electron chi connectivity index (χ2n) is 13.8. The van der Waals surface area contributed by atoms with E-state index in [-0.39, 0.29) is 35.9 Å². The molecule has 1 saturated carbocycles. The summed E-state index contributed by atoms with van der Waals surface area (Å²) >= 11 is 4.98. The first kappa shape index (κ1) is 34.4. The van der Waals surface area contributed by atoms with Crippen molar-refractivity contribution in [1.82, 2.24) is 15.4 Å². The summed E-state index contributed by atoms with van der Waals surface area (Å²) in [5, 5.41) is 0.521. The highest BCUT2D eigenvalue weighted by molar-refractivity contribution is 9.10. The molecule has 7 rings (SSSR count). The molecule has 3 aliphatic rings. The third-order valence-corrected chi connectivity index (χ3v) is 11.8. The van der Waals surface area contributed by atoms with Crippen molar-refractivity contribution in [2.75, 3.05) is 6.54 Å². The molecule has 4 aromatic rings. The molecule has 1 aliphatic carbocycles. The fourth-order valence-electron chi connectivity index (χ4n) is 7.46. The first-order valence-corrected chi connectivity index (χ1v) is 19.3. The second kappa shape index (κ2) is 15.5. The van der Waals surface area contributed by atoms with E-state index in [1.54, 1.807) is 17.0 Å². The number of hydrogen-bond acceptors (Lipinski definition) is 7. The van der Waals surface area contributed by atoms with Crippen LogP contribution in [0.4, 0.5) is 0 Å². The third-order valence-electron chi connectivity index (χ3n) is 10.4. The summed E-state index contributed by atoms with van der Waals surface area (Å²) < 4.78 is 8.39. The number of aromatic nitrogens is 1. The number of carbonyl (C=O) groups excluding carboxylic acids is 3. The number of fused-ring (bicyclic) bond motifs is 3. The Balaban J connectivity index is 1.14. The summed E-state index contributed by atoms with van der Waals surface area (Å²) in [4.78, 5) is 54.9. The molecular formula is C40H42BrN3O5S. The predicted octanol–water partition coefficient (Wildman–Crippen LogP) is 8.25. The van der Waals surface area contributed by atoms with Gasteiger partial charge >= 0.3 is 0 Å².